The van der Waals surface area contributed by atoms with Crippen molar-refractivity contribution < 1.29 is 9.53 Å². The number of rotatable bonds is 7. The molecule has 0 spiro atoms. The zero-order valence-corrected chi connectivity index (χ0v) is 17.9. The van der Waals surface area contributed by atoms with Gasteiger partial charge in [0.25, 0.3) is 0 Å². The second-order valence-electron chi connectivity index (χ2n) is 7.39. The van der Waals surface area contributed by atoms with Crippen molar-refractivity contribution in [1.29, 1.82) is 0 Å². The monoisotopic (exact) mass is 416 g/mol. The standard InChI is InChI=1S/C25H24N2O2S/c1-17(2)29-19-13-11-18(12-14-19)15-26-27-24(28)16-30-25-22-9-5-3-7-20(22)21-8-4-6-10-23(21)25/h3-15,17,25H,16H2,1-2H3,(H,27,28)/b26-15-. The third-order valence-electron chi connectivity index (χ3n) is 4.81. The second kappa shape index (κ2) is 9.18. The van der Waals surface area contributed by atoms with Gasteiger partial charge >= 0.3 is 0 Å². The van der Waals surface area contributed by atoms with Crippen LogP contribution >= 0.6 is 11.8 Å². The number of fused-ring (bicyclic) bond motifs is 3. The Kier molecular flexibility index (Phi) is 6.19. The molecule has 0 atom stereocenters. The fraction of sp³-hybridized carbons (Fsp3) is 0.200. The fourth-order valence-electron chi connectivity index (χ4n) is 3.56. The van der Waals surface area contributed by atoms with Gasteiger partial charge in [-0.2, -0.15) is 5.10 Å². The van der Waals surface area contributed by atoms with Gasteiger partial charge in [-0.3, -0.25) is 4.79 Å². The van der Waals surface area contributed by atoms with Crippen LogP contribution in [-0.2, 0) is 4.79 Å². The van der Waals surface area contributed by atoms with Gasteiger partial charge < -0.3 is 4.74 Å². The first-order valence-electron chi connectivity index (χ1n) is 10.0. The first-order valence-corrected chi connectivity index (χ1v) is 11.0. The van der Waals surface area contributed by atoms with Crippen LogP contribution < -0.4 is 10.2 Å². The third kappa shape index (κ3) is 4.57. The summed E-state index contributed by atoms with van der Waals surface area (Å²) in [5.41, 5.74) is 8.58. The maximum Gasteiger partial charge on any atom is 0.250 e. The summed E-state index contributed by atoms with van der Waals surface area (Å²) in [6, 6.07) is 24.4. The topological polar surface area (TPSA) is 50.7 Å². The molecule has 5 heteroatoms. The van der Waals surface area contributed by atoms with Crippen molar-refractivity contribution in [1.82, 2.24) is 5.43 Å². The molecule has 152 valence electrons. The molecule has 30 heavy (non-hydrogen) atoms. The van der Waals surface area contributed by atoms with Crippen molar-refractivity contribution in [2.75, 3.05) is 5.75 Å². The Morgan fingerprint density at radius 1 is 1.00 bits per heavy atom. The number of benzene rings is 3. The molecule has 0 bridgehead atoms. The van der Waals surface area contributed by atoms with E-state index in [0.717, 1.165) is 11.3 Å². The highest BCUT2D eigenvalue weighted by molar-refractivity contribution is 8.00. The summed E-state index contributed by atoms with van der Waals surface area (Å²) in [5, 5.41) is 4.25. The number of hydrogen-bond acceptors (Lipinski definition) is 4. The Morgan fingerprint density at radius 2 is 1.60 bits per heavy atom. The van der Waals surface area contributed by atoms with Crippen LogP contribution in [0.3, 0.4) is 0 Å². The summed E-state index contributed by atoms with van der Waals surface area (Å²) in [4.78, 5) is 12.3. The highest BCUT2D eigenvalue weighted by Crippen LogP contribution is 2.49. The van der Waals surface area contributed by atoms with Gasteiger partial charge in [0.15, 0.2) is 0 Å². The molecular weight excluding hydrogens is 392 g/mol. The van der Waals surface area contributed by atoms with Crippen LogP contribution in [0.1, 0.15) is 35.8 Å². The van der Waals surface area contributed by atoms with Crippen LogP contribution in [0.2, 0.25) is 0 Å². The van der Waals surface area contributed by atoms with Gasteiger partial charge in [-0.15, -0.1) is 11.8 Å². The molecule has 1 amide bonds. The molecule has 0 saturated carbocycles. The summed E-state index contributed by atoms with van der Waals surface area (Å²) in [7, 11) is 0. The quantitative estimate of drug-likeness (QED) is 0.413. The number of amides is 1. The molecule has 0 saturated heterocycles. The Bertz CT molecular complexity index is 1020. The van der Waals surface area contributed by atoms with E-state index in [9.17, 15) is 4.79 Å². The molecular formula is C25H24N2O2S. The average Bonchev–Trinajstić information content (AvgIpc) is 3.07. The van der Waals surface area contributed by atoms with Gasteiger partial charge in [-0.25, -0.2) is 5.43 Å². The number of nitrogens with one attached hydrogen (secondary N) is 1. The average molecular weight is 417 g/mol. The summed E-state index contributed by atoms with van der Waals surface area (Å²) in [6.45, 7) is 3.98. The van der Waals surface area contributed by atoms with Crippen LogP contribution in [0.5, 0.6) is 5.75 Å². The molecule has 3 aromatic rings. The van der Waals surface area contributed by atoms with E-state index >= 15 is 0 Å². The molecule has 0 heterocycles. The normalized spacial score (nSPS) is 12.8. The first-order chi connectivity index (χ1) is 14.6. The highest BCUT2D eigenvalue weighted by Gasteiger charge is 2.28. The number of carbonyl (C=O) groups is 1. The van der Waals surface area contributed by atoms with Crippen molar-refractivity contribution in [3.8, 4) is 16.9 Å². The smallest absolute Gasteiger partial charge is 0.250 e. The third-order valence-corrected chi connectivity index (χ3v) is 6.08. The lowest BCUT2D eigenvalue weighted by Gasteiger charge is -2.12. The van der Waals surface area contributed by atoms with E-state index in [4.69, 9.17) is 4.74 Å². The van der Waals surface area contributed by atoms with Crippen LogP contribution in [0, 0.1) is 0 Å². The molecule has 4 nitrogen and oxygen atoms in total. The Labute approximate surface area is 181 Å². The summed E-state index contributed by atoms with van der Waals surface area (Å²) in [5.74, 6) is 1.05. The van der Waals surface area contributed by atoms with E-state index in [-0.39, 0.29) is 17.3 Å². The van der Waals surface area contributed by atoms with Crippen molar-refractivity contribution in [3.05, 3.63) is 89.5 Å². The van der Waals surface area contributed by atoms with Crippen LogP contribution in [0.4, 0.5) is 0 Å². The van der Waals surface area contributed by atoms with Crippen molar-refractivity contribution in [3.63, 3.8) is 0 Å². The van der Waals surface area contributed by atoms with E-state index in [0.29, 0.717) is 5.75 Å². The van der Waals surface area contributed by atoms with Crippen LogP contribution in [0.25, 0.3) is 11.1 Å². The molecule has 1 aliphatic carbocycles. The Balaban J connectivity index is 1.34. The molecule has 0 aliphatic heterocycles. The zero-order chi connectivity index (χ0) is 20.9. The lowest BCUT2D eigenvalue weighted by atomic mass is 10.1. The zero-order valence-electron chi connectivity index (χ0n) is 17.0. The number of hydrogen-bond donors (Lipinski definition) is 1. The SMILES string of the molecule is CC(C)Oc1ccc(/C=N\NC(=O)CSC2c3ccccc3-c3ccccc32)cc1. The van der Waals surface area contributed by atoms with E-state index in [1.165, 1.54) is 22.3 Å². The van der Waals surface area contributed by atoms with Crippen molar-refractivity contribution >= 4 is 23.9 Å². The largest absolute Gasteiger partial charge is 0.491 e. The minimum absolute atomic E-state index is 0.113. The minimum atomic E-state index is -0.113. The number of hydrazone groups is 1. The lowest BCUT2D eigenvalue weighted by molar-refractivity contribution is -0.118. The van der Waals surface area contributed by atoms with E-state index in [2.05, 4.69) is 59.1 Å². The highest BCUT2D eigenvalue weighted by atomic mass is 32.2. The molecule has 0 radical (unpaired) electrons. The Hall–Kier alpha value is -3.05. The van der Waals surface area contributed by atoms with Gasteiger partial charge in [0.1, 0.15) is 5.75 Å². The van der Waals surface area contributed by atoms with Gasteiger partial charge in [-0.1, -0.05) is 48.5 Å². The lowest BCUT2D eigenvalue weighted by Crippen LogP contribution is -2.20. The molecule has 3 aromatic carbocycles. The van der Waals surface area contributed by atoms with Crippen LogP contribution in [0.15, 0.2) is 77.9 Å². The summed E-state index contributed by atoms with van der Waals surface area (Å²) < 4.78 is 5.63. The number of ether oxygens (including phenoxy) is 1. The van der Waals surface area contributed by atoms with E-state index < -0.39 is 0 Å². The van der Waals surface area contributed by atoms with E-state index in [1.807, 2.05) is 38.1 Å². The van der Waals surface area contributed by atoms with Gasteiger partial charge in [-0.05, 0) is 65.9 Å². The fourth-order valence-corrected chi connectivity index (χ4v) is 4.72. The number of nitrogens with zero attached hydrogens (tertiary/aromatic N) is 1. The molecule has 0 fully saturated rings. The second-order valence-corrected chi connectivity index (χ2v) is 8.49. The number of thioether (sulfide) groups is 1. The minimum Gasteiger partial charge on any atom is -0.491 e. The maximum atomic E-state index is 12.3. The maximum absolute atomic E-state index is 12.3. The van der Waals surface area contributed by atoms with Gasteiger partial charge in [0, 0.05) is 0 Å². The number of carbonyl (C=O) groups excluding carboxylic acids is 1. The molecule has 1 N–H and O–H groups in total. The molecule has 1 aliphatic rings. The van der Waals surface area contributed by atoms with Gasteiger partial charge in [0.2, 0.25) is 5.91 Å². The van der Waals surface area contributed by atoms with Gasteiger partial charge in [0.05, 0.1) is 23.3 Å². The molecule has 4 rings (SSSR count). The summed E-state index contributed by atoms with van der Waals surface area (Å²) in [6.07, 6.45) is 1.78. The van der Waals surface area contributed by atoms with Crippen molar-refractivity contribution in [2.45, 2.75) is 25.2 Å². The Morgan fingerprint density at radius 3 is 2.20 bits per heavy atom. The van der Waals surface area contributed by atoms with E-state index in [1.54, 1.807) is 18.0 Å². The predicted octanol–water partition coefficient (Wildman–Crippen LogP) is 5.43. The van der Waals surface area contributed by atoms with Crippen LogP contribution in [-0.4, -0.2) is 24.0 Å². The molecule has 0 aromatic heterocycles. The van der Waals surface area contributed by atoms with Crippen molar-refractivity contribution in [2.24, 2.45) is 5.10 Å². The predicted molar refractivity (Wildman–Crippen MR) is 124 cm³/mol. The first kappa shape index (κ1) is 20.2. The summed E-state index contributed by atoms with van der Waals surface area (Å²) >= 11 is 1.63. The molecule has 0 unspecified atom stereocenters.